The largest absolute Gasteiger partial charge is 0.372 e. The third-order valence-electron chi connectivity index (χ3n) is 2.72. The Bertz CT molecular complexity index is 385. The van der Waals surface area contributed by atoms with Crippen LogP contribution in [0.15, 0.2) is 29.2 Å². The number of hydrogen-bond acceptors (Lipinski definition) is 2. The Morgan fingerprint density at radius 3 is 2.31 bits per heavy atom. The third-order valence-corrected chi connectivity index (χ3v) is 4.20. The summed E-state index contributed by atoms with van der Waals surface area (Å²) in [4.78, 5) is 0.906. The average Bonchev–Trinajstić information content (AvgIpc) is 3.00. The minimum absolute atomic E-state index is 0.152. The molecule has 1 aromatic carbocycles. The van der Waals surface area contributed by atoms with Crippen LogP contribution in [0.4, 0.5) is 0 Å². The van der Waals surface area contributed by atoms with Gasteiger partial charge >= 0.3 is 0 Å². The zero-order chi connectivity index (χ0) is 11.8. The molecule has 0 radical (unpaired) electrons. The second-order valence-electron chi connectivity index (χ2n) is 5.24. The molecular formula is C13H18O2S. The van der Waals surface area contributed by atoms with Gasteiger partial charge in [-0.2, -0.15) is 0 Å². The van der Waals surface area contributed by atoms with Gasteiger partial charge in [-0.3, -0.25) is 4.21 Å². The average molecular weight is 238 g/mol. The van der Waals surface area contributed by atoms with Crippen molar-refractivity contribution in [1.29, 1.82) is 0 Å². The van der Waals surface area contributed by atoms with Crippen LogP contribution >= 0.6 is 0 Å². The van der Waals surface area contributed by atoms with Crippen LogP contribution in [0.1, 0.15) is 26.3 Å². The molecule has 1 fully saturated rings. The summed E-state index contributed by atoms with van der Waals surface area (Å²) in [5.41, 5.74) is 1.43. The second kappa shape index (κ2) is 4.30. The highest BCUT2D eigenvalue weighted by Gasteiger charge is 2.25. The van der Waals surface area contributed by atoms with Gasteiger partial charge in [-0.1, -0.05) is 32.9 Å². The second-order valence-corrected chi connectivity index (χ2v) is 6.74. The van der Waals surface area contributed by atoms with Gasteiger partial charge in [0.1, 0.15) is 0 Å². The number of ether oxygens (including phenoxy) is 1. The summed E-state index contributed by atoms with van der Waals surface area (Å²) >= 11 is 0. The predicted octanol–water partition coefficient (Wildman–Crippen LogP) is 2.49. The molecule has 2 nitrogen and oxygen atoms in total. The highest BCUT2D eigenvalue weighted by Crippen LogP contribution is 2.23. The number of benzene rings is 1. The van der Waals surface area contributed by atoms with Gasteiger partial charge in [-0.05, 0) is 23.1 Å². The molecule has 0 amide bonds. The molecule has 2 atom stereocenters. The van der Waals surface area contributed by atoms with E-state index < -0.39 is 10.8 Å². The van der Waals surface area contributed by atoms with Crippen molar-refractivity contribution in [1.82, 2.24) is 0 Å². The quantitative estimate of drug-likeness (QED) is 0.757. The van der Waals surface area contributed by atoms with E-state index in [4.69, 9.17) is 4.74 Å². The van der Waals surface area contributed by atoms with Crippen LogP contribution in [0.25, 0.3) is 0 Å². The molecular weight excluding hydrogens is 220 g/mol. The van der Waals surface area contributed by atoms with Crippen molar-refractivity contribution in [3.63, 3.8) is 0 Å². The van der Waals surface area contributed by atoms with Crippen molar-refractivity contribution >= 4 is 10.8 Å². The summed E-state index contributed by atoms with van der Waals surface area (Å²) in [5.74, 6) is 0.634. The molecule has 1 aliphatic rings. The lowest BCUT2D eigenvalue weighted by molar-refractivity contribution is 0.424. The van der Waals surface area contributed by atoms with Gasteiger partial charge in [0, 0.05) is 4.90 Å². The van der Waals surface area contributed by atoms with E-state index in [1.165, 1.54) is 5.56 Å². The standard InChI is InChI=1S/C13H18O2S/c1-13(2,3)10-4-6-12(7-5-10)16(14)9-11-8-15-11/h4-7,11H,8-9H2,1-3H3. The van der Waals surface area contributed by atoms with Gasteiger partial charge in [-0.25, -0.2) is 0 Å². The summed E-state index contributed by atoms with van der Waals surface area (Å²) in [6, 6.07) is 8.08. The maximum atomic E-state index is 11.9. The van der Waals surface area contributed by atoms with Gasteiger partial charge < -0.3 is 4.74 Å². The van der Waals surface area contributed by atoms with Gasteiger partial charge in [0.15, 0.2) is 0 Å². The Kier molecular flexibility index (Phi) is 3.17. The predicted molar refractivity (Wildman–Crippen MR) is 66.2 cm³/mol. The van der Waals surface area contributed by atoms with Crippen molar-refractivity contribution < 1.29 is 8.95 Å². The molecule has 1 aromatic rings. The highest BCUT2D eigenvalue weighted by molar-refractivity contribution is 7.85. The fourth-order valence-corrected chi connectivity index (χ4v) is 2.70. The van der Waals surface area contributed by atoms with Crippen LogP contribution in [-0.4, -0.2) is 22.7 Å². The van der Waals surface area contributed by atoms with Gasteiger partial charge in [-0.15, -0.1) is 0 Å². The Morgan fingerprint density at radius 2 is 1.88 bits per heavy atom. The third kappa shape index (κ3) is 2.92. The number of epoxide rings is 1. The summed E-state index contributed by atoms with van der Waals surface area (Å²) in [5, 5.41) is 0. The lowest BCUT2D eigenvalue weighted by Gasteiger charge is -2.18. The van der Waals surface area contributed by atoms with E-state index in [2.05, 4.69) is 32.9 Å². The maximum Gasteiger partial charge on any atom is 0.0928 e. The van der Waals surface area contributed by atoms with Gasteiger partial charge in [0.05, 0.1) is 29.3 Å². The van der Waals surface area contributed by atoms with Crippen LogP contribution in [0.2, 0.25) is 0 Å². The molecule has 2 unspecified atom stereocenters. The molecule has 0 N–H and O–H groups in total. The van der Waals surface area contributed by atoms with Crippen LogP contribution in [0, 0.1) is 0 Å². The maximum absolute atomic E-state index is 11.9. The van der Waals surface area contributed by atoms with E-state index in [9.17, 15) is 4.21 Å². The molecule has 0 spiro atoms. The van der Waals surface area contributed by atoms with E-state index >= 15 is 0 Å². The molecule has 1 aliphatic heterocycles. The lowest BCUT2D eigenvalue weighted by atomic mass is 9.87. The first-order valence-corrected chi connectivity index (χ1v) is 6.89. The summed E-state index contributed by atoms with van der Waals surface area (Å²) < 4.78 is 17.0. The minimum Gasteiger partial charge on any atom is -0.372 e. The van der Waals surface area contributed by atoms with Crippen molar-refractivity contribution in [2.24, 2.45) is 0 Å². The van der Waals surface area contributed by atoms with Crippen LogP contribution in [0.5, 0.6) is 0 Å². The van der Waals surface area contributed by atoms with Crippen LogP contribution in [-0.2, 0) is 21.0 Å². The summed E-state index contributed by atoms with van der Waals surface area (Å²) in [6.45, 7) is 7.30. The van der Waals surface area contributed by atoms with Gasteiger partial charge in [0.2, 0.25) is 0 Å². The monoisotopic (exact) mass is 238 g/mol. The minimum atomic E-state index is -0.911. The molecule has 0 bridgehead atoms. The normalized spacial score (nSPS) is 21.8. The summed E-state index contributed by atoms with van der Waals surface area (Å²) in [6.07, 6.45) is 0.225. The van der Waals surface area contributed by atoms with E-state index in [1.54, 1.807) is 0 Å². The zero-order valence-corrected chi connectivity index (χ0v) is 10.8. The molecule has 2 rings (SSSR count). The Balaban J connectivity index is 2.09. The van der Waals surface area contributed by atoms with E-state index in [0.717, 1.165) is 11.5 Å². The Hall–Kier alpha value is -0.670. The molecule has 0 saturated carbocycles. The highest BCUT2D eigenvalue weighted by atomic mass is 32.2. The van der Waals surface area contributed by atoms with Crippen LogP contribution < -0.4 is 0 Å². The molecule has 88 valence electrons. The van der Waals surface area contributed by atoms with E-state index in [-0.39, 0.29) is 11.5 Å². The molecule has 0 aromatic heterocycles. The van der Waals surface area contributed by atoms with E-state index in [0.29, 0.717) is 5.75 Å². The van der Waals surface area contributed by atoms with Gasteiger partial charge in [0.25, 0.3) is 0 Å². The van der Waals surface area contributed by atoms with Crippen molar-refractivity contribution in [2.75, 3.05) is 12.4 Å². The lowest BCUT2D eigenvalue weighted by Crippen LogP contribution is -2.11. The van der Waals surface area contributed by atoms with Crippen molar-refractivity contribution in [3.05, 3.63) is 29.8 Å². The molecule has 16 heavy (non-hydrogen) atoms. The first kappa shape index (κ1) is 11.8. The summed E-state index contributed by atoms with van der Waals surface area (Å²) in [7, 11) is -0.911. The Labute approximate surface area is 99.5 Å². The number of hydrogen-bond donors (Lipinski definition) is 0. The van der Waals surface area contributed by atoms with Crippen molar-refractivity contribution in [2.45, 2.75) is 37.2 Å². The molecule has 1 saturated heterocycles. The first-order chi connectivity index (χ1) is 7.47. The first-order valence-electron chi connectivity index (χ1n) is 5.57. The van der Waals surface area contributed by atoms with E-state index in [1.807, 2.05) is 12.1 Å². The fraction of sp³-hybridized carbons (Fsp3) is 0.538. The Morgan fingerprint density at radius 1 is 1.31 bits per heavy atom. The van der Waals surface area contributed by atoms with Crippen LogP contribution in [0.3, 0.4) is 0 Å². The molecule has 1 heterocycles. The zero-order valence-electron chi connectivity index (χ0n) is 10.0. The molecule has 3 heteroatoms. The topological polar surface area (TPSA) is 29.6 Å². The number of rotatable bonds is 3. The smallest absolute Gasteiger partial charge is 0.0928 e. The SMILES string of the molecule is CC(C)(C)c1ccc(S(=O)CC2CO2)cc1. The van der Waals surface area contributed by atoms with Crippen molar-refractivity contribution in [3.8, 4) is 0 Å². The fourth-order valence-electron chi connectivity index (χ4n) is 1.54. The molecule has 0 aliphatic carbocycles.